The van der Waals surface area contributed by atoms with E-state index in [2.05, 4.69) is 19.1 Å². The average molecular weight is 561 g/mol. The van der Waals surface area contributed by atoms with Gasteiger partial charge in [-0.05, 0) is 104 Å². The molecule has 0 aliphatic heterocycles. The number of aliphatic carboxylic acids is 1. The fourth-order valence-electron chi connectivity index (χ4n) is 8.41. The maximum atomic E-state index is 12.7. The third-order valence-electron chi connectivity index (χ3n) is 10.3. The van der Waals surface area contributed by atoms with Gasteiger partial charge < -0.3 is 14.6 Å². The normalized spacial score (nSPS) is 28.2. The lowest BCUT2D eigenvalue weighted by atomic mass is 9.52. The molecule has 0 aromatic heterocycles. The number of fused-ring (bicyclic) bond motifs is 5. The molecule has 3 aliphatic carbocycles. The molecule has 0 saturated heterocycles. The molecule has 220 valence electrons. The predicted octanol–water partition coefficient (Wildman–Crippen LogP) is 7.74. The Morgan fingerprint density at radius 1 is 0.951 bits per heavy atom. The number of rotatable bonds is 11. The molecule has 6 nitrogen and oxygen atoms in total. The molecule has 2 fully saturated rings. The summed E-state index contributed by atoms with van der Waals surface area (Å²) in [5.41, 5.74) is 3.26. The highest BCUT2D eigenvalue weighted by molar-refractivity contribution is 5.91. The van der Waals surface area contributed by atoms with Crippen LogP contribution in [0.15, 0.2) is 48.5 Å². The van der Waals surface area contributed by atoms with E-state index in [9.17, 15) is 14.4 Å². The van der Waals surface area contributed by atoms with Gasteiger partial charge in [-0.1, -0.05) is 56.9 Å². The molecule has 3 aliphatic rings. The number of unbranched alkanes of at least 4 members (excludes halogenated alkanes) is 4. The zero-order valence-corrected chi connectivity index (χ0v) is 24.5. The highest BCUT2D eigenvalue weighted by atomic mass is 16.5. The monoisotopic (exact) mass is 560 g/mol. The SMILES string of the molecule is CC(=O)O[C@H]1CCC2C3C(CC[C@@]21C)c1ccc(OC(=O)c2ccccc2)cc1C[C@H]3CCCCCCCC(=O)O. The van der Waals surface area contributed by atoms with Gasteiger partial charge in [-0.15, -0.1) is 0 Å². The summed E-state index contributed by atoms with van der Waals surface area (Å²) in [7, 11) is 0. The van der Waals surface area contributed by atoms with Crippen LogP contribution in [0.1, 0.15) is 112 Å². The molecule has 0 amide bonds. The van der Waals surface area contributed by atoms with Crippen molar-refractivity contribution in [2.75, 3.05) is 0 Å². The van der Waals surface area contributed by atoms with Crippen molar-refractivity contribution >= 4 is 17.9 Å². The van der Waals surface area contributed by atoms with Crippen LogP contribution >= 0.6 is 0 Å². The molecule has 3 unspecified atom stereocenters. The molecule has 41 heavy (non-hydrogen) atoms. The second-order valence-corrected chi connectivity index (χ2v) is 12.8. The van der Waals surface area contributed by atoms with Crippen molar-refractivity contribution in [3.8, 4) is 5.75 Å². The molecule has 6 heteroatoms. The summed E-state index contributed by atoms with van der Waals surface area (Å²) in [6.07, 6.45) is 11.6. The molecule has 0 spiro atoms. The Morgan fingerprint density at radius 3 is 2.46 bits per heavy atom. The van der Waals surface area contributed by atoms with Gasteiger partial charge in [0, 0.05) is 18.8 Å². The molecule has 2 saturated carbocycles. The zero-order valence-electron chi connectivity index (χ0n) is 24.5. The predicted molar refractivity (Wildman–Crippen MR) is 157 cm³/mol. The maximum Gasteiger partial charge on any atom is 0.343 e. The molecule has 2 aromatic rings. The van der Waals surface area contributed by atoms with Crippen LogP contribution in [-0.2, 0) is 20.7 Å². The van der Waals surface area contributed by atoms with Gasteiger partial charge in [0.05, 0.1) is 5.56 Å². The smallest absolute Gasteiger partial charge is 0.343 e. The fourth-order valence-corrected chi connectivity index (χ4v) is 8.41. The summed E-state index contributed by atoms with van der Waals surface area (Å²) in [6.45, 7) is 3.89. The van der Waals surface area contributed by atoms with Gasteiger partial charge >= 0.3 is 17.9 Å². The number of hydrogen-bond acceptors (Lipinski definition) is 5. The largest absolute Gasteiger partial charge is 0.481 e. The molecule has 0 bridgehead atoms. The summed E-state index contributed by atoms with van der Waals surface area (Å²) in [6, 6.07) is 15.3. The Morgan fingerprint density at radius 2 is 1.71 bits per heavy atom. The number of hydrogen-bond donors (Lipinski definition) is 1. The quantitative estimate of drug-likeness (QED) is 0.172. The Bertz CT molecular complexity index is 1240. The number of carboxylic acids is 1. The minimum atomic E-state index is -0.713. The Balaban J connectivity index is 1.34. The molecule has 0 radical (unpaired) electrons. The first-order valence-corrected chi connectivity index (χ1v) is 15.6. The standard InChI is InChI=1S/C35H44O6/c1-23(36)40-31-18-17-30-33-25(13-7-4-3-5-10-14-32(37)38)21-26-22-27(41-34(39)24-11-8-6-9-12-24)15-16-28(26)29(33)19-20-35(30,31)2/h6,8-9,11-12,15-16,22,25,29-31,33H,3-5,7,10,13-14,17-21H2,1-2H3,(H,37,38)/t25-,29?,30?,31+,33?,35+/m1/s1. The first-order chi connectivity index (χ1) is 19.8. The van der Waals surface area contributed by atoms with Crippen LogP contribution in [0.3, 0.4) is 0 Å². The van der Waals surface area contributed by atoms with Crippen molar-refractivity contribution in [1.29, 1.82) is 0 Å². The molecule has 5 rings (SSSR count). The highest BCUT2D eigenvalue weighted by Crippen LogP contribution is 2.63. The van der Waals surface area contributed by atoms with Crippen molar-refractivity contribution in [1.82, 2.24) is 0 Å². The molecular weight excluding hydrogens is 516 g/mol. The van der Waals surface area contributed by atoms with Crippen LogP contribution in [0, 0.1) is 23.2 Å². The van der Waals surface area contributed by atoms with Gasteiger partial charge in [-0.3, -0.25) is 9.59 Å². The first kappa shape index (κ1) is 29.3. The molecule has 6 atom stereocenters. The van der Waals surface area contributed by atoms with Crippen LogP contribution in [0.5, 0.6) is 5.75 Å². The third-order valence-corrected chi connectivity index (χ3v) is 10.3. The van der Waals surface area contributed by atoms with E-state index >= 15 is 0 Å². The van der Waals surface area contributed by atoms with Gasteiger partial charge in [-0.2, -0.15) is 0 Å². The van der Waals surface area contributed by atoms with Crippen LogP contribution in [-0.4, -0.2) is 29.1 Å². The second kappa shape index (κ2) is 12.8. The van der Waals surface area contributed by atoms with E-state index in [0.717, 1.165) is 70.6 Å². The van der Waals surface area contributed by atoms with E-state index < -0.39 is 5.97 Å². The number of benzene rings is 2. The summed E-state index contributed by atoms with van der Waals surface area (Å²) < 4.78 is 11.7. The van der Waals surface area contributed by atoms with E-state index in [1.54, 1.807) is 12.1 Å². The van der Waals surface area contributed by atoms with Crippen LogP contribution in [0.2, 0.25) is 0 Å². The number of ether oxygens (including phenoxy) is 2. The molecular formula is C35H44O6. The fraction of sp³-hybridized carbons (Fsp3) is 0.571. The molecule has 0 heterocycles. The van der Waals surface area contributed by atoms with Crippen molar-refractivity contribution < 1.29 is 29.0 Å². The van der Waals surface area contributed by atoms with E-state index in [4.69, 9.17) is 14.6 Å². The minimum Gasteiger partial charge on any atom is -0.481 e. The summed E-state index contributed by atoms with van der Waals surface area (Å²) in [5.74, 6) is 1.43. The van der Waals surface area contributed by atoms with Gasteiger partial charge in [0.25, 0.3) is 0 Å². The summed E-state index contributed by atoms with van der Waals surface area (Å²) >= 11 is 0. The zero-order chi connectivity index (χ0) is 29.0. The van der Waals surface area contributed by atoms with E-state index in [-0.39, 0.29) is 29.9 Å². The Labute approximate surface area is 243 Å². The van der Waals surface area contributed by atoms with E-state index in [0.29, 0.717) is 35.0 Å². The lowest BCUT2D eigenvalue weighted by molar-refractivity contribution is -0.155. The van der Waals surface area contributed by atoms with Gasteiger partial charge in [0.1, 0.15) is 11.9 Å². The van der Waals surface area contributed by atoms with E-state index in [1.807, 2.05) is 24.3 Å². The van der Waals surface area contributed by atoms with Crippen LogP contribution in [0.4, 0.5) is 0 Å². The summed E-state index contributed by atoms with van der Waals surface area (Å²) in [5, 5.41) is 8.91. The number of carboxylic acid groups (broad SMARTS) is 1. The summed E-state index contributed by atoms with van der Waals surface area (Å²) in [4.78, 5) is 35.5. The second-order valence-electron chi connectivity index (χ2n) is 12.8. The Hall–Kier alpha value is -3.15. The van der Waals surface area contributed by atoms with Crippen molar-refractivity contribution in [2.24, 2.45) is 23.2 Å². The van der Waals surface area contributed by atoms with Gasteiger partial charge in [0.2, 0.25) is 0 Å². The first-order valence-electron chi connectivity index (χ1n) is 15.6. The van der Waals surface area contributed by atoms with Crippen LogP contribution < -0.4 is 4.74 Å². The maximum absolute atomic E-state index is 12.7. The average Bonchev–Trinajstić information content (AvgIpc) is 3.27. The van der Waals surface area contributed by atoms with Gasteiger partial charge in [0.15, 0.2) is 0 Å². The molecule has 2 aromatic carbocycles. The van der Waals surface area contributed by atoms with Gasteiger partial charge in [-0.25, -0.2) is 4.79 Å². The molecule has 1 N–H and O–H groups in total. The van der Waals surface area contributed by atoms with E-state index in [1.165, 1.54) is 18.1 Å². The van der Waals surface area contributed by atoms with Crippen LogP contribution in [0.25, 0.3) is 0 Å². The number of carbonyl (C=O) groups excluding carboxylic acids is 2. The Kier molecular flexibility index (Phi) is 9.16. The van der Waals surface area contributed by atoms with Crippen molar-refractivity contribution in [3.05, 3.63) is 65.2 Å². The van der Waals surface area contributed by atoms with Crippen molar-refractivity contribution in [3.63, 3.8) is 0 Å². The number of esters is 2. The number of carbonyl (C=O) groups is 3. The lowest BCUT2D eigenvalue weighted by Crippen LogP contribution is -2.48. The highest BCUT2D eigenvalue weighted by Gasteiger charge is 2.58. The topological polar surface area (TPSA) is 89.9 Å². The minimum absolute atomic E-state index is 0.00186. The lowest BCUT2D eigenvalue weighted by Gasteiger charge is -2.53. The third kappa shape index (κ3) is 6.52. The van der Waals surface area contributed by atoms with Crippen molar-refractivity contribution in [2.45, 2.75) is 103 Å².